The molecular formula is C12H20ClNO5S. The number of rotatable bonds is 4. The van der Waals surface area contributed by atoms with E-state index in [1.54, 1.807) is 0 Å². The van der Waals surface area contributed by atoms with E-state index < -0.39 is 33.4 Å². The van der Waals surface area contributed by atoms with Crippen LogP contribution >= 0.6 is 12.4 Å². The Balaban J connectivity index is 0.00000200. The van der Waals surface area contributed by atoms with Crippen molar-refractivity contribution in [1.29, 1.82) is 0 Å². The van der Waals surface area contributed by atoms with Gasteiger partial charge in [-0.1, -0.05) is 12.8 Å². The average molecular weight is 326 g/mol. The SMILES string of the molecule is Cl.O=C(O)C1CCN(C(=O)CS(=O)(=O)C2CCCC2)C1. The van der Waals surface area contributed by atoms with Crippen LogP contribution in [0.2, 0.25) is 0 Å². The van der Waals surface area contributed by atoms with Gasteiger partial charge in [-0.2, -0.15) is 0 Å². The van der Waals surface area contributed by atoms with E-state index in [9.17, 15) is 18.0 Å². The van der Waals surface area contributed by atoms with Gasteiger partial charge in [-0.3, -0.25) is 9.59 Å². The molecule has 0 spiro atoms. The van der Waals surface area contributed by atoms with Gasteiger partial charge in [0.25, 0.3) is 0 Å². The Morgan fingerprint density at radius 1 is 1.15 bits per heavy atom. The molecule has 1 aliphatic carbocycles. The number of aliphatic carboxylic acids is 1. The average Bonchev–Trinajstić information content (AvgIpc) is 3.00. The summed E-state index contributed by atoms with van der Waals surface area (Å²) in [7, 11) is -3.37. The van der Waals surface area contributed by atoms with Crippen molar-refractivity contribution in [2.45, 2.75) is 37.4 Å². The summed E-state index contributed by atoms with van der Waals surface area (Å²) in [5, 5.41) is 8.48. The molecule has 116 valence electrons. The van der Waals surface area contributed by atoms with Gasteiger partial charge in [0.05, 0.1) is 11.2 Å². The summed E-state index contributed by atoms with van der Waals surface area (Å²) in [4.78, 5) is 24.1. The number of carboxylic acid groups (broad SMARTS) is 1. The van der Waals surface area contributed by atoms with Crippen LogP contribution in [0, 0.1) is 5.92 Å². The quantitative estimate of drug-likeness (QED) is 0.821. The molecule has 1 unspecified atom stereocenters. The number of carboxylic acids is 1. The fourth-order valence-corrected chi connectivity index (χ4v) is 4.63. The van der Waals surface area contributed by atoms with Crippen molar-refractivity contribution in [3.8, 4) is 0 Å². The van der Waals surface area contributed by atoms with Crippen LogP contribution in [0.1, 0.15) is 32.1 Å². The highest BCUT2D eigenvalue weighted by Crippen LogP contribution is 2.26. The lowest BCUT2D eigenvalue weighted by Crippen LogP contribution is -2.37. The molecule has 1 saturated heterocycles. The van der Waals surface area contributed by atoms with Crippen molar-refractivity contribution in [3.05, 3.63) is 0 Å². The van der Waals surface area contributed by atoms with Gasteiger partial charge in [0.2, 0.25) is 5.91 Å². The molecule has 1 N–H and O–H groups in total. The summed E-state index contributed by atoms with van der Waals surface area (Å²) in [6, 6.07) is 0. The number of amides is 1. The van der Waals surface area contributed by atoms with Crippen LogP contribution in [0.3, 0.4) is 0 Å². The Hall–Kier alpha value is -0.820. The number of carbonyl (C=O) groups is 2. The van der Waals surface area contributed by atoms with Crippen molar-refractivity contribution in [2.24, 2.45) is 5.92 Å². The molecule has 8 heteroatoms. The highest BCUT2D eigenvalue weighted by molar-refractivity contribution is 7.92. The molecular weight excluding hydrogens is 306 g/mol. The van der Waals surface area contributed by atoms with Crippen LogP contribution in [0.15, 0.2) is 0 Å². The molecule has 0 bridgehead atoms. The van der Waals surface area contributed by atoms with Gasteiger partial charge < -0.3 is 10.0 Å². The number of nitrogens with zero attached hydrogens (tertiary/aromatic N) is 1. The summed E-state index contributed by atoms with van der Waals surface area (Å²) in [6.07, 6.45) is 3.51. The molecule has 1 atom stereocenters. The normalized spacial score (nSPS) is 23.6. The van der Waals surface area contributed by atoms with Crippen LogP contribution in [0.4, 0.5) is 0 Å². The van der Waals surface area contributed by atoms with Gasteiger partial charge in [-0.05, 0) is 19.3 Å². The Morgan fingerprint density at radius 2 is 1.75 bits per heavy atom. The minimum absolute atomic E-state index is 0. The second-order valence-corrected chi connectivity index (χ2v) is 7.66. The van der Waals surface area contributed by atoms with Crippen LogP contribution in [-0.4, -0.2) is 54.4 Å². The lowest BCUT2D eigenvalue weighted by Gasteiger charge is -2.17. The molecule has 0 radical (unpaired) electrons. The first-order valence-electron chi connectivity index (χ1n) is 6.62. The maximum atomic E-state index is 12.1. The van der Waals surface area contributed by atoms with Crippen molar-refractivity contribution in [2.75, 3.05) is 18.8 Å². The molecule has 1 amide bonds. The van der Waals surface area contributed by atoms with Gasteiger partial charge in [-0.25, -0.2) is 8.42 Å². The number of halogens is 1. The molecule has 1 heterocycles. The Kier molecular flexibility index (Phi) is 5.82. The monoisotopic (exact) mass is 325 g/mol. The van der Waals surface area contributed by atoms with E-state index in [1.165, 1.54) is 4.90 Å². The van der Waals surface area contributed by atoms with Gasteiger partial charge in [0.15, 0.2) is 9.84 Å². The van der Waals surface area contributed by atoms with Gasteiger partial charge in [-0.15, -0.1) is 12.4 Å². The third-order valence-electron chi connectivity index (χ3n) is 4.02. The fraction of sp³-hybridized carbons (Fsp3) is 0.833. The van der Waals surface area contributed by atoms with Crippen LogP contribution in [-0.2, 0) is 19.4 Å². The molecule has 2 aliphatic rings. The number of hydrogen-bond donors (Lipinski definition) is 1. The Labute approximate surface area is 124 Å². The minimum atomic E-state index is -3.37. The zero-order valence-electron chi connectivity index (χ0n) is 11.2. The number of carbonyl (C=O) groups excluding carboxylic acids is 1. The van der Waals surface area contributed by atoms with E-state index in [0.29, 0.717) is 25.8 Å². The standard InChI is InChI=1S/C12H19NO5S.ClH/c14-11(13-6-5-9(7-13)12(15)16)8-19(17,18)10-3-1-2-4-10;/h9-10H,1-8H2,(H,15,16);1H. The topological polar surface area (TPSA) is 91.8 Å². The van der Waals surface area contributed by atoms with Gasteiger partial charge in [0, 0.05) is 13.1 Å². The summed E-state index contributed by atoms with van der Waals surface area (Å²) in [5.41, 5.74) is 0. The lowest BCUT2D eigenvalue weighted by atomic mass is 10.1. The smallest absolute Gasteiger partial charge is 0.308 e. The molecule has 2 fully saturated rings. The van der Waals surface area contributed by atoms with Crippen molar-refractivity contribution in [3.63, 3.8) is 0 Å². The lowest BCUT2D eigenvalue weighted by molar-refractivity contribution is -0.141. The van der Waals surface area contributed by atoms with Gasteiger partial charge >= 0.3 is 5.97 Å². The summed E-state index contributed by atoms with van der Waals surface area (Å²) in [5.74, 6) is -2.40. The molecule has 0 aromatic carbocycles. The van der Waals surface area contributed by atoms with Crippen molar-refractivity contribution in [1.82, 2.24) is 4.90 Å². The van der Waals surface area contributed by atoms with Crippen molar-refractivity contribution >= 4 is 34.1 Å². The maximum Gasteiger partial charge on any atom is 0.308 e. The molecule has 1 aliphatic heterocycles. The Morgan fingerprint density at radius 3 is 2.25 bits per heavy atom. The van der Waals surface area contributed by atoms with E-state index >= 15 is 0 Å². The van der Waals surface area contributed by atoms with E-state index in [1.807, 2.05) is 0 Å². The first-order valence-corrected chi connectivity index (χ1v) is 8.34. The van der Waals surface area contributed by atoms with E-state index in [-0.39, 0.29) is 24.2 Å². The largest absolute Gasteiger partial charge is 0.481 e. The minimum Gasteiger partial charge on any atom is -0.481 e. The van der Waals surface area contributed by atoms with E-state index in [4.69, 9.17) is 5.11 Å². The van der Waals surface area contributed by atoms with E-state index in [2.05, 4.69) is 0 Å². The first kappa shape index (κ1) is 17.2. The predicted octanol–water partition coefficient (Wildman–Crippen LogP) is 0.699. The fourth-order valence-electron chi connectivity index (χ4n) is 2.82. The highest BCUT2D eigenvalue weighted by Gasteiger charge is 2.35. The summed E-state index contributed by atoms with van der Waals surface area (Å²) in [6.45, 7) is 0.477. The predicted molar refractivity (Wildman–Crippen MR) is 75.6 cm³/mol. The number of likely N-dealkylation sites (tertiary alicyclic amines) is 1. The van der Waals surface area contributed by atoms with Crippen LogP contribution in [0.25, 0.3) is 0 Å². The summed E-state index contributed by atoms with van der Waals surface area (Å²) < 4.78 is 24.1. The second-order valence-electron chi connectivity index (χ2n) is 5.38. The van der Waals surface area contributed by atoms with Crippen LogP contribution in [0.5, 0.6) is 0 Å². The number of sulfone groups is 1. The molecule has 20 heavy (non-hydrogen) atoms. The second kappa shape index (κ2) is 6.76. The molecule has 6 nitrogen and oxygen atoms in total. The van der Waals surface area contributed by atoms with Crippen molar-refractivity contribution < 1.29 is 23.1 Å². The third kappa shape index (κ3) is 3.85. The zero-order chi connectivity index (χ0) is 14.0. The highest BCUT2D eigenvalue weighted by atomic mass is 35.5. The number of hydrogen-bond acceptors (Lipinski definition) is 4. The molecule has 0 aromatic rings. The van der Waals surface area contributed by atoms with Gasteiger partial charge in [0.1, 0.15) is 5.75 Å². The van der Waals surface area contributed by atoms with E-state index in [0.717, 1.165) is 12.8 Å². The third-order valence-corrected chi connectivity index (χ3v) is 6.16. The van der Waals surface area contributed by atoms with Crippen LogP contribution < -0.4 is 0 Å². The molecule has 2 rings (SSSR count). The molecule has 0 aromatic heterocycles. The zero-order valence-corrected chi connectivity index (χ0v) is 12.8. The first-order chi connectivity index (χ1) is 8.90. The molecule has 1 saturated carbocycles. The summed E-state index contributed by atoms with van der Waals surface area (Å²) >= 11 is 0. The maximum absolute atomic E-state index is 12.1. The Bertz CT molecular complexity index is 472.